The highest BCUT2D eigenvalue weighted by Crippen LogP contribution is 2.45. The van der Waals surface area contributed by atoms with Crippen LogP contribution in [0.2, 0.25) is 0 Å². The van der Waals surface area contributed by atoms with E-state index in [0.29, 0.717) is 6.10 Å². The average molecular weight is 469 g/mol. The van der Waals surface area contributed by atoms with E-state index in [-0.39, 0.29) is 0 Å². The van der Waals surface area contributed by atoms with E-state index in [1.54, 1.807) is 0 Å². The first-order valence-electron chi connectivity index (χ1n) is 15.7. The summed E-state index contributed by atoms with van der Waals surface area (Å²) in [6, 6.07) is 0. The maximum atomic E-state index is 6.44. The second-order valence-electron chi connectivity index (χ2n) is 12.8. The van der Waals surface area contributed by atoms with E-state index in [2.05, 4.69) is 31.7 Å². The lowest BCUT2D eigenvalue weighted by molar-refractivity contribution is -0.0129. The van der Waals surface area contributed by atoms with Crippen LogP contribution in [0.4, 0.5) is 0 Å². The molecule has 2 atom stereocenters. The van der Waals surface area contributed by atoms with Crippen molar-refractivity contribution in [2.45, 2.75) is 135 Å². The van der Waals surface area contributed by atoms with Crippen LogP contribution >= 0.6 is 0 Å². The van der Waals surface area contributed by atoms with Crippen molar-refractivity contribution in [2.24, 2.45) is 41.4 Å². The second-order valence-corrected chi connectivity index (χ2v) is 12.8. The largest absolute Gasteiger partial charge is 0.378 e. The lowest BCUT2D eigenvalue weighted by Crippen LogP contribution is -2.30. The third-order valence-electron chi connectivity index (χ3n) is 10.6. The number of hydrogen-bond acceptors (Lipinski definition) is 1. The molecular formula is C33H56O. The predicted octanol–water partition coefficient (Wildman–Crippen LogP) is 9.91. The van der Waals surface area contributed by atoms with Crippen molar-refractivity contribution in [3.05, 3.63) is 24.8 Å². The Morgan fingerprint density at radius 3 is 1.97 bits per heavy atom. The van der Waals surface area contributed by atoms with Gasteiger partial charge in [-0.25, -0.2) is 0 Å². The molecule has 2 unspecified atom stereocenters. The maximum absolute atomic E-state index is 6.44. The van der Waals surface area contributed by atoms with Crippen molar-refractivity contribution in [1.29, 1.82) is 0 Å². The Balaban J connectivity index is 1.08. The molecule has 0 saturated heterocycles. The van der Waals surface area contributed by atoms with E-state index in [0.717, 1.165) is 48.0 Å². The zero-order valence-corrected chi connectivity index (χ0v) is 22.6. The van der Waals surface area contributed by atoms with Gasteiger partial charge in [0, 0.05) is 6.61 Å². The van der Waals surface area contributed by atoms with Crippen molar-refractivity contribution in [3.63, 3.8) is 0 Å². The predicted molar refractivity (Wildman–Crippen MR) is 147 cm³/mol. The van der Waals surface area contributed by atoms with Gasteiger partial charge >= 0.3 is 0 Å². The van der Waals surface area contributed by atoms with Crippen LogP contribution in [0.25, 0.3) is 0 Å². The number of hydrogen-bond donors (Lipinski definition) is 0. The summed E-state index contributed by atoms with van der Waals surface area (Å²) in [6.45, 7) is 7.26. The van der Waals surface area contributed by atoms with Crippen LogP contribution in [0.1, 0.15) is 129 Å². The summed E-state index contributed by atoms with van der Waals surface area (Å²) in [7, 11) is 0. The molecule has 0 aromatic rings. The zero-order chi connectivity index (χ0) is 23.6. The quantitative estimate of drug-likeness (QED) is 0.274. The molecule has 1 heteroatoms. The molecular weight excluding hydrogens is 412 g/mol. The number of ether oxygens (including phenoxy) is 1. The van der Waals surface area contributed by atoms with Crippen LogP contribution in [0.15, 0.2) is 24.8 Å². The van der Waals surface area contributed by atoms with E-state index >= 15 is 0 Å². The van der Waals surface area contributed by atoms with E-state index < -0.39 is 0 Å². The SMILES string of the molecule is C=CCCC1CCC(OCC2CCC(C3CCC(C4C=CC(CCCC)CC4)CC3)CC2)CC1. The summed E-state index contributed by atoms with van der Waals surface area (Å²) in [6.07, 6.45) is 34.8. The van der Waals surface area contributed by atoms with Gasteiger partial charge in [-0.3, -0.25) is 0 Å². The highest BCUT2D eigenvalue weighted by molar-refractivity contribution is 5.01. The normalized spacial score (nSPS) is 39.1. The van der Waals surface area contributed by atoms with E-state index in [1.807, 2.05) is 0 Å². The van der Waals surface area contributed by atoms with E-state index in [9.17, 15) is 0 Å². The third kappa shape index (κ3) is 7.97. The zero-order valence-electron chi connectivity index (χ0n) is 22.6. The summed E-state index contributed by atoms with van der Waals surface area (Å²) >= 11 is 0. The van der Waals surface area contributed by atoms with Crippen LogP contribution in [0, 0.1) is 41.4 Å². The Kier molecular flexibility index (Phi) is 11.1. The van der Waals surface area contributed by atoms with Gasteiger partial charge in [-0.15, -0.1) is 6.58 Å². The molecule has 0 aromatic heterocycles. The van der Waals surface area contributed by atoms with Crippen LogP contribution in [0.3, 0.4) is 0 Å². The molecule has 3 saturated carbocycles. The summed E-state index contributed by atoms with van der Waals surface area (Å²) in [5, 5.41) is 0. The number of rotatable bonds is 11. The van der Waals surface area contributed by atoms with Crippen molar-refractivity contribution < 1.29 is 4.74 Å². The van der Waals surface area contributed by atoms with Crippen LogP contribution in [-0.2, 0) is 4.74 Å². The highest BCUT2D eigenvalue weighted by atomic mass is 16.5. The van der Waals surface area contributed by atoms with Gasteiger partial charge in [-0.05, 0) is 151 Å². The minimum absolute atomic E-state index is 0.559. The molecule has 4 rings (SSSR count). The van der Waals surface area contributed by atoms with Crippen molar-refractivity contribution in [3.8, 4) is 0 Å². The first-order chi connectivity index (χ1) is 16.7. The van der Waals surface area contributed by atoms with Gasteiger partial charge in [-0.2, -0.15) is 0 Å². The minimum atomic E-state index is 0.559. The lowest BCUT2D eigenvalue weighted by atomic mass is 9.66. The Bertz CT molecular complexity index is 584. The van der Waals surface area contributed by atoms with Gasteiger partial charge in [0.25, 0.3) is 0 Å². The summed E-state index contributed by atoms with van der Waals surface area (Å²) in [4.78, 5) is 0. The van der Waals surface area contributed by atoms with Gasteiger partial charge in [0.05, 0.1) is 6.10 Å². The molecule has 0 aliphatic heterocycles. The van der Waals surface area contributed by atoms with Crippen LogP contribution < -0.4 is 0 Å². The molecule has 4 aliphatic rings. The molecule has 1 nitrogen and oxygen atoms in total. The fourth-order valence-electron chi connectivity index (χ4n) is 8.08. The van der Waals surface area contributed by atoms with Gasteiger partial charge in [0.15, 0.2) is 0 Å². The first-order valence-corrected chi connectivity index (χ1v) is 15.7. The Labute approximate surface area is 212 Å². The number of allylic oxidation sites excluding steroid dienone is 3. The molecule has 0 radical (unpaired) electrons. The highest BCUT2D eigenvalue weighted by Gasteiger charge is 2.34. The van der Waals surface area contributed by atoms with Crippen LogP contribution in [0.5, 0.6) is 0 Å². The molecule has 34 heavy (non-hydrogen) atoms. The second kappa shape index (κ2) is 14.2. The van der Waals surface area contributed by atoms with E-state index in [4.69, 9.17) is 4.74 Å². The minimum Gasteiger partial charge on any atom is -0.378 e. The Morgan fingerprint density at radius 1 is 0.706 bits per heavy atom. The monoisotopic (exact) mass is 468 g/mol. The van der Waals surface area contributed by atoms with Gasteiger partial charge in [0.2, 0.25) is 0 Å². The standard InChI is InChI=1S/C33H56O/c1-3-5-7-26-9-15-29(16-10-26)31-19-21-32(22-20-31)30-17-11-28(12-18-30)25-34-33-23-13-27(14-24-33)8-6-4-2/h4,9,15,26-33H,2-3,5-8,10-14,16-25H2,1H3. The van der Waals surface area contributed by atoms with Crippen molar-refractivity contribution in [2.75, 3.05) is 6.61 Å². The maximum Gasteiger partial charge on any atom is 0.0575 e. The van der Waals surface area contributed by atoms with Gasteiger partial charge < -0.3 is 4.74 Å². The molecule has 0 bridgehead atoms. The molecule has 194 valence electrons. The summed E-state index contributed by atoms with van der Waals surface area (Å²) in [5.74, 6) is 6.63. The molecule has 0 aromatic carbocycles. The van der Waals surface area contributed by atoms with Crippen molar-refractivity contribution >= 4 is 0 Å². The molecule has 0 amide bonds. The smallest absolute Gasteiger partial charge is 0.0575 e. The van der Waals surface area contributed by atoms with Gasteiger partial charge in [0.1, 0.15) is 0 Å². The lowest BCUT2D eigenvalue weighted by Gasteiger charge is -2.40. The Morgan fingerprint density at radius 2 is 1.35 bits per heavy atom. The van der Waals surface area contributed by atoms with Crippen LogP contribution in [-0.4, -0.2) is 12.7 Å². The summed E-state index contributed by atoms with van der Waals surface area (Å²) < 4.78 is 6.44. The summed E-state index contributed by atoms with van der Waals surface area (Å²) in [5.41, 5.74) is 0. The molecule has 0 spiro atoms. The first kappa shape index (κ1) is 26.5. The number of unbranched alkanes of at least 4 members (excludes halogenated alkanes) is 1. The average Bonchev–Trinajstić information content (AvgIpc) is 2.91. The topological polar surface area (TPSA) is 9.23 Å². The fourth-order valence-corrected chi connectivity index (χ4v) is 8.08. The Hall–Kier alpha value is -0.560. The van der Waals surface area contributed by atoms with Crippen molar-refractivity contribution in [1.82, 2.24) is 0 Å². The molecule has 3 fully saturated rings. The van der Waals surface area contributed by atoms with Gasteiger partial charge in [-0.1, -0.05) is 38.0 Å². The fraction of sp³-hybridized carbons (Fsp3) is 0.879. The molecule has 4 aliphatic carbocycles. The molecule has 0 heterocycles. The van der Waals surface area contributed by atoms with E-state index in [1.165, 1.54) is 122 Å². The third-order valence-corrected chi connectivity index (χ3v) is 10.6. The molecule has 0 N–H and O–H groups in total.